The number of anilines is 1. The minimum Gasteiger partial charge on any atom is -0.364 e. The third-order valence-electron chi connectivity index (χ3n) is 3.37. The zero-order valence-corrected chi connectivity index (χ0v) is 12.8. The minimum absolute atomic E-state index is 0.0887. The first-order valence-electron chi connectivity index (χ1n) is 6.69. The summed E-state index contributed by atoms with van der Waals surface area (Å²) in [5.41, 5.74) is 5.45. The van der Waals surface area contributed by atoms with Crippen LogP contribution < -0.4 is 5.43 Å². The lowest BCUT2D eigenvalue weighted by Crippen LogP contribution is -2.04. The fraction of sp³-hybridized carbons (Fsp3) is 0.214. The number of hydrazone groups is 1. The Morgan fingerprint density at radius 1 is 1.22 bits per heavy atom. The van der Waals surface area contributed by atoms with E-state index >= 15 is 0 Å². The molecule has 0 fully saturated rings. The van der Waals surface area contributed by atoms with Crippen LogP contribution in [-0.4, -0.2) is 20.5 Å². The zero-order chi connectivity index (χ0) is 17.1. The van der Waals surface area contributed by atoms with Gasteiger partial charge in [-0.1, -0.05) is 0 Å². The van der Waals surface area contributed by atoms with Crippen molar-refractivity contribution in [2.24, 2.45) is 5.10 Å². The molecule has 23 heavy (non-hydrogen) atoms. The van der Waals surface area contributed by atoms with E-state index in [0.29, 0.717) is 5.71 Å². The normalized spacial score (nSPS) is 11.3. The van der Waals surface area contributed by atoms with Crippen molar-refractivity contribution in [2.45, 2.75) is 20.8 Å². The van der Waals surface area contributed by atoms with Gasteiger partial charge in [-0.15, -0.1) is 0 Å². The predicted molar refractivity (Wildman–Crippen MR) is 85.9 cm³/mol. The number of hydrogen-bond donors (Lipinski definition) is 2. The van der Waals surface area contributed by atoms with Crippen LogP contribution in [0.3, 0.4) is 0 Å². The molecule has 0 aliphatic heterocycles. The third kappa shape index (κ3) is 3.34. The number of nitrogens with zero attached hydrogens (tertiary/aromatic N) is 3. The molecular weight excluding hydrogens is 302 g/mol. The molecule has 0 atom stereocenters. The van der Waals surface area contributed by atoms with Gasteiger partial charge in [0.25, 0.3) is 5.69 Å². The van der Waals surface area contributed by atoms with E-state index in [1.807, 2.05) is 20.0 Å². The Labute approximate surface area is 131 Å². The average molecular weight is 317 g/mol. The van der Waals surface area contributed by atoms with E-state index in [4.69, 9.17) is 0 Å². The predicted octanol–water partition coefficient (Wildman–Crippen LogP) is 3.28. The maximum Gasteiger partial charge on any atom is 0.301 e. The molecular formula is C14H15N5O4. The SMILES string of the molecule is CC(=NNc1ccc([N+](=O)[O-])cc1[N+](=O)[O-])c1c(C)c[nH]c1C. The summed E-state index contributed by atoms with van der Waals surface area (Å²) in [6.07, 6.45) is 1.85. The third-order valence-corrected chi connectivity index (χ3v) is 3.37. The first-order valence-corrected chi connectivity index (χ1v) is 6.69. The number of H-pyrrole nitrogens is 1. The molecule has 2 rings (SSSR count). The fourth-order valence-electron chi connectivity index (χ4n) is 2.29. The Balaban J connectivity index is 2.35. The number of hydrogen-bond acceptors (Lipinski definition) is 6. The molecule has 120 valence electrons. The van der Waals surface area contributed by atoms with Crippen molar-refractivity contribution in [1.82, 2.24) is 4.98 Å². The summed E-state index contributed by atoms with van der Waals surface area (Å²) in [5, 5.41) is 25.9. The van der Waals surface area contributed by atoms with E-state index in [1.165, 1.54) is 12.1 Å². The molecule has 1 aromatic heterocycles. The fourth-order valence-corrected chi connectivity index (χ4v) is 2.29. The maximum absolute atomic E-state index is 11.1. The second-order valence-corrected chi connectivity index (χ2v) is 5.00. The monoisotopic (exact) mass is 317 g/mol. The van der Waals surface area contributed by atoms with E-state index < -0.39 is 15.5 Å². The van der Waals surface area contributed by atoms with Crippen LogP contribution in [-0.2, 0) is 0 Å². The van der Waals surface area contributed by atoms with Crippen LogP contribution in [0.2, 0.25) is 0 Å². The lowest BCUT2D eigenvalue weighted by atomic mass is 10.1. The molecule has 2 aromatic rings. The van der Waals surface area contributed by atoms with Crippen molar-refractivity contribution in [1.29, 1.82) is 0 Å². The summed E-state index contributed by atoms with van der Waals surface area (Å²) >= 11 is 0. The topological polar surface area (TPSA) is 126 Å². The van der Waals surface area contributed by atoms with Crippen LogP contribution in [0.1, 0.15) is 23.7 Å². The molecule has 0 aliphatic carbocycles. The van der Waals surface area contributed by atoms with Gasteiger partial charge in [-0.25, -0.2) is 0 Å². The highest BCUT2D eigenvalue weighted by molar-refractivity contribution is 6.01. The molecule has 0 spiro atoms. The number of nitro benzene ring substituents is 2. The molecule has 0 bridgehead atoms. The van der Waals surface area contributed by atoms with Crippen LogP contribution in [0.5, 0.6) is 0 Å². The van der Waals surface area contributed by atoms with Gasteiger partial charge in [0.15, 0.2) is 0 Å². The van der Waals surface area contributed by atoms with Crippen molar-refractivity contribution in [3.05, 3.63) is 61.4 Å². The highest BCUT2D eigenvalue weighted by Gasteiger charge is 2.19. The largest absolute Gasteiger partial charge is 0.364 e. The van der Waals surface area contributed by atoms with Crippen LogP contribution >= 0.6 is 0 Å². The Hall–Kier alpha value is -3.23. The van der Waals surface area contributed by atoms with Gasteiger partial charge in [0.2, 0.25) is 0 Å². The minimum atomic E-state index is -0.688. The first-order chi connectivity index (χ1) is 10.8. The quantitative estimate of drug-likeness (QED) is 0.497. The van der Waals surface area contributed by atoms with Crippen LogP contribution in [0.25, 0.3) is 0 Å². The van der Waals surface area contributed by atoms with Crippen molar-refractivity contribution in [3.8, 4) is 0 Å². The molecule has 0 saturated carbocycles. The van der Waals surface area contributed by atoms with Gasteiger partial charge in [-0.2, -0.15) is 5.10 Å². The van der Waals surface area contributed by atoms with E-state index in [0.717, 1.165) is 22.9 Å². The van der Waals surface area contributed by atoms with Gasteiger partial charge in [0, 0.05) is 23.5 Å². The molecule has 1 aromatic carbocycles. The summed E-state index contributed by atoms with van der Waals surface area (Å²) < 4.78 is 0. The highest BCUT2D eigenvalue weighted by atomic mass is 16.6. The van der Waals surface area contributed by atoms with Crippen LogP contribution in [0, 0.1) is 34.1 Å². The number of rotatable bonds is 5. The smallest absolute Gasteiger partial charge is 0.301 e. The van der Waals surface area contributed by atoms with Crippen LogP contribution in [0.15, 0.2) is 29.5 Å². The Kier molecular flexibility index (Phi) is 4.39. The molecule has 0 amide bonds. The van der Waals surface area contributed by atoms with E-state index in [2.05, 4.69) is 15.5 Å². The van der Waals surface area contributed by atoms with Crippen molar-refractivity contribution < 1.29 is 9.85 Å². The summed E-state index contributed by atoms with van der Waals surface area (Å²) in [5.74, 6) is 0. The van der Waals surface area contributed by atoms with Crippen molar-refractivity contribution in [2.75, 3.05) is 5.43 Å². The molecule has 0 saturated heterocycles. The highest BCUT2D eigenvalue weighted by Crippen LogP contribution is 2.29. The summed E-state index contributed by atoms with van der Waals surface area (Å²) in [6, 6.07) is 3.36. The maximum atomic E-state index is 11.1. The molecule has 0 aliphatic rings. The lowest BCUT2D eigenvalue weighted by molar-refractivity contribution is -0.393. The number of aryl methyl sites for hydroxylation is 2. The number of aromatic nitrogens is 1. The number of aromatic amines is 1. The Morgan fingerprint density at radius 3 is 2.43 bits per heavy atom. The summed E-state index contributed by atoms with van der Waals surface area (Å²) in [7, 11) is 0. The molecule has 9 nitrogen and oxygen atoms in total. The lowest BCUT2D eigenvalue weighted by Gasteiger charge is -2.05. The average Bonchev–Trinajstić information content (AvgIpc) is 2.83. The second kappa shape index (κ2) is 6.26. The van der Waals surface area contributed by atoms with Gasteiger partial charge in [-0.05, 0) is 32.4 Å². The van der Waals surface area contributed by atoms with Crippen molar-refractivity contribution in [3.63, 3.8) is 0 Å². The van der Waals surface area contributed by atoms with E-state index in [-0.39, 0.29) is 11.4 Å². The number of benzene rings is 1. The first kappa shape index (κ1) is 16.1. The number of nitrogens with one attached hydrogen (secondary N) is 2. The number of nitro groups is 2. The standard InChI is InChI=1S/C14H15N5O4/c1-8-7-15-9(2)14(8)10(3)16-17-12-5-4-11(18(20)21)6-13(12)19(22)23/h4-7,15,17H,1-3H3. The second-order valence-electron chi connectivity index (χ2n) is 5.00. The van der Waals surface area contributed by atoms with Gasteiger partial charge >= 0.3 is 5.69 Å². The number of non-ortho nitro benzene ring substituents is 1. The molecule has 0 radical (unpaired) electrons. The van der Waals surface area contributed by atoms with Gasteiger partial charge in [0.05, 0.1) is 21.6 Å². The summed E-state index contributed by atoms with van der Waals surface area (Å²) in [6.45, 7) is 5.59. The van der Waals surface area contributed by atoms with E-state index in [1.54, 1.807) is 6.92 Å². The molecule has 9 heteroatoms. The molecule has 2 N–H and O–H groups in total. The summed E-state index contributed by atoms with van der Waals surface area (Å²) in [4.78, 5) is 23.5. The van der Waals surface area contributed by atoms with Gasteiger partial charge < -0.3 is 4.98 Å². The molecule has 0 unspecified atom stereocenters. The van der Waals surface area contributed by atoms with Crippen molar-refractivity contribution >= 4 is 22.8 Å². The van der Waals surface area contributed by atoms with Crippen LogP contribution in [0.4, 0.5) is 17.1 Å². The van der Waals surface area contributed by atoms with Gasteiger partial charge in [-0.3, -0.25) is 25.7 Å². The van der Waals surface area contributed by atoms with Gasteiger partial charge in [0.1, 0.15) is 5.69 Å². The van der Waals surface area contributed by atoms with E-state index in [9.17, 15) is 20.2 Å². The Bertz CT molecular complexity index is 790. The Morgan fingerprint density at radius 2 is 1.91 bits per heavy atom. The zero-order valence-electron chi connectivity index (χ0n) is 12.8. The molecule has 1 heterocycles.